The first-order valence-electron chi connectivity index (χ1n) is 8.40. The maximum Gasteiger partial charge on any atom is 0.255 e. The number of carbonyl (C=O) groups excluding carboxylic acids is 1. The number of amides is 1. The molecular weight excluding hydrogens is 324 g/mol. The normalized spacial score (nSPS) is 10.8. The van der Waals surface area contributed by atoms with E-state index in [0.29, 0.717) is 11.3 Å². The Hall–Kier alpha value is -3.47. The van der Waals surface area contributed by atoms with Crippen molar-refractivity contribution < 1.29 is 4.79 Å². The second-order valence-corrected chi connectivity index (χ2v) is 6.25. The van der Waals surface area contributed by atoms with Crippen LogP contribution in [0.15, 0.2) is 67.0 Å². The van der Waals surface area contributed by atoms with Crippen LogP contribution in [0.5, 0.6) is 0 Å². The van der Waals surface area contributed by atoms with E-state index >= 15 is 0 Å². The zero-order valence-corrected chi connectivity index (χ0v) is 14.6. The summed E-state index contributed by atoms with van der Waals surface area (Å²) in [5.41, 5.74) is 5.14. The Labute approximate surface area is 151 Å². The van der Waals surface area contributed by atoms with Crippen molar-refractivity contribution in [3.8, 4) is 11.3 Å². The van der Waals surface area contributed by atoms with Crippen molar-refractivity contribution in [2.45, 2.75) is 13.8 Å². The first-order chi connectivity index (χ1) is 12.6. The predicted octanol–water partition coefficient (Wildman–Crippen LogP) is 4.27. The maximum atomic E-state index is 12.4. The van der Waals surface area contributed by atoms with E-state index in [2.05, 4.69) is 15.3 Å². The first-order valence-corrected chi connectivity index (χ1v) is 8.40. The maximum absolute atomic E-state index is 12.4. The van der Waals surface area contributed by atoms with Crippen LogP contribution in [0.25, 0.3) is 17.0 Å². The van der Waals surface area contributed by atoms with Crippen LogP contribution in [0.4, 0.5) is 5.69 Å². The lowest BCUT2D eigenvalue weighted by atomic mass is 10.1. The van der Waals surface area contributed by atoms with Crippen molar-refractivity contribution in [3.63, 3.8) is 0 Å². The summed E-state index contributed by atoms with van der Waals surface area (Å²) in [6, 6.07) is 17.1. The molecule has 5 heteroatoms. The molecule has 2 aromatic carbocycles. The fraction of sp³-hybridized carbons (Fsp3) is 0.0952. The van der Waals surface area contributed by atoms with Crippen LogP contribution in [0.2, 0.25) is 0 Å². The number of aromatic nitrogens is 3. The van der Waals surface area contributed by atoms with Crippen LogP contribution >= 0.6 is 0 Å². The summed E-state index contributed by atoms with van der Waals surface area (Å²) < 4.78 is 1.90. The van der Waals surface area contributed by atoms with Gasteiger partial charge in [0.15, 0.2) is 0 Å². The standard InChI is InChI=1S/C21H18N4O/c1-14-5-3-4-6-18(14)20(26)23-17-9-7-16(8-10-17)19-13-25-12-11-15(2)22-21(25)24-19/h3-13H,1-2H3,(H,23,26). The molecule has 1 N–H and O–H groups in total. The van der Waals surface area contributed by atoms with Gasteiger partial charge in [0, 0.05) is 34.9 Å². The molecular formula is C21H18N4O. The number of aryl methyl sites for hydroxylation is 2. The number of rotatable bonds is 3. The van der Waals surface area contributed by atoms with Crippen molar-refractivity contribution in [1.82, 2.24) is 14.4 Å². The molecule has 0 radical (unpaired) electrons. The monoisotopic (exact) mass is 342 g/mol. The third kappa shape index (κ3) is 3.07. The van der Waals surface area contributed by atoms with Crippen LogP contribution in [0, 0.1) is 13.8 Å². The van der Waals surface area contributed by atoms with E-state index in [0.717, 1.165) is 28.2 Å². The summed E-state index contributed by atoms with van der Waals surface area (Å²) in [4.78, 5) is 21.4. The molecule has 0 spiro atoms. The average molecular weight is 342 g/mol. The highest BCUT2D eigenvalue weighted by molar-refractivity contribution is 6.05. The van der Waals surface area contributed by atoms with Gasteiger partial charge in [-0.15, -0.1) is 0 Å². The molecule has 0 aliphatic carbocycles. The van der Waals surface area contributed by atoms with Gasteiger partial charge in [-0.25, -0.2) is 9.97 Å². The highest BCUT2D eigenvalue weighted by Crippen LogP contribution is 2.21. The molecule has 0 bridgehead atoms. The zero-order valence-electron chi connectivity index (χ0n) is 14.6. The number of benzene rings is 2. The molecule has 26 heavy (non-hydrogen) atoms. The minimum absolute atomic E-state index is 0.108. The lowest BCUT2D eigenvalue weighted by molar-refractivity contribution is 0.102. The van der Waals surface area contributed by atoms with Gasteiger partial charge in [0.2, 0.25) is 5.78 Å². The molecule has 0 aliphatic rings. The number of hydrogen-bond acceptors (Lipinski definition) is 3. The second kappa shape index (κ2) is 6.44. The quantitative estimate of drug-likeness (QED) is 0.605. The Kier molecular flexibility index (Phi) is 3.97. The molecule has 5 nitrogen and oxygen atoms in total. The van der Waals surface area contributed by atoms with Gasteiger partial charge >= 0.3 is 0 Å². The molecule has 0 unspecified atom stereocenters. The Morgan fingerprint density at radius 2 is 1.73 bits per heavy atom. The van der Waals surface area contributed by atoms with Gasteiger partial charge in [-0.05, 0) is 43.7 Å². The highest BCUT2D eigenvalue weighted by Gasteiger charge is 2.09. The molecule has 2 aromatic heterocycles. The SMILES string of the molecule is Cc1ccn2cc(-c3ccc(NC(=O)c4ccccc4C)cc3)nc2n1. The van der Waals surface area contributed by atoms with E-state index in [-0.39, 0.29) is 5.91 Å². The summed E-state index contributed by atoms with van der Waals surface area (Å²) in [7, 11) is 0. The molecule has 128 valence electrons. The number of nitrogens with zero attached hydrogens (tertiary/aromatic N) is 3. The molecule has 0 atom stereocenters. The number of imidazole rings is 1. The van der Waals surface area contributed by atoms with Crippen LogP contribution < -0.4 is 5.32 Å². The van der Waals surface area contributed by atoms with Crippen molar-refractivity contribution in [3.05, 3.63) is 83.8 Å². The van der Waals surface area contributed by atoms with Gasteiger partial charge in [0.05, 0.1) is 5.69 Å². The molecule has 0 aliphatic heterocycles. The van der Waals surface area contributed by atoms with E-state index < -0.39 is 0 Å². The lowest BCUT2D eigenvalue weighted by Crippen LogP contribution is -2.13. The largest absolute Gasteiger partial charge is 0.322 e. The van der Waals surface area contributed by atoms with E-state index in [1.54, 1.807) is 0 Å². The fourth-order valence-corrected chi connectivity index (χ4v) is 2.85. The third-order valence-corrected chi connectivity index (χ3v) is 4.29. The molecule has 2 heterocycles. The van der Waals surface area contributed by atoms with Gasteiger partial charge in [0.1, 0.15) is 0 Å². The Bertz CT molecular complexity index is 1100. The summed E-state index contributed by atoms with van der Waals surface area (Å²) in [6.45, 7) is 3.87. The number of hydrogen-bond donors (Lipinski definition) is 1. The predicted molar refractivity (Wildman–Crippen MR) is 102 cm³/mol. The Morgan fingerprint density at radius 3 is 2.50 bits per heavy atom. The van der Waals surface area contributed by atoms with Gasteiger partial charge in [-0.3, -0.25) is 9.20 Å². The lowest BCUT2D eigenvalue weighted by Gasteiger charge is -2.08. The van der Waals surface area contributed by atoms with Crippen molar-refractivity contribution in [1.29, 1.82) is 0 Å². The topological polar surface area (TPSA) is 59.3 Å². The summed E-state index contributed by atoms with van der Waals surface area (Å²) in [5.74, 6) is 0.570. The molecule has 0 fully saturated rings. The van der Waals surface area contributed by atoms with Gasteiger partial charge in [-0.1, -0.05) is 30.3 Å². The van der Waals surface area contributed by atoms with Gasteiger partial charge in [-0.2, -0.15) is 0 Å². The molecule has 4 aromatic rings. The van der Waals surface area contributed by atoms with E-state index in [1.165, 1.54) is 0 Å². The Morgan fingerprint density at radius 1 is 0.962 bits per heavy atom. The van der Waals surface area contributed by atoms with Crippen molar-refractivity contribution >= 4 is 17.4 Å². The van der Waals surface area contributed by atoms with Crippen molar-refractivity contribution in [2.24, 2.45) is 0 Å². The zero-order chi connectivity index (χ0) is 18.1. The number of fused-ring (bicyclic) bond motifs is 1. The minimum atomic E-state index is -0.108. The number of nitrogens with one attached hydrogen (secondary N) is 1. The van der Waals surface area contributed by atoms with Crippen LogP contribution in [0.1, 0.15) is 21.6 Å². The number of carbonyl (C=O) groups is 1. The van der Waals surface area contributed by atoms with E-state index in [1.807, 2.05) is 85.2 Å². The van der Waals surface area contributed by atoms with E-state index in [9.17, 15) is 4.79 Å². The minimum Gasteiger partial charge on any atom is -0.322 e. The van der Waals surface area contributed by atoms with Gasteiger partial charge in [0.25, 0.3) is 5.91 Å². The summed E-state index contributed by atoms with van der Waals surface area (Å²) in [5, 5.41) is 2.93. The van der Waals surface area contributed by atoms with Crippen LogP contribution in [0.3, 0.4) is 0 Å². The average Bonchev–Trinajstić information content (AvgIpc) is 3.05. The summed E-state index contributed by atoms with van der Waals surface area (Å²) >= 11 is 0. The molecule has 1 amide bonds. The Balaban J connectivity index is 1.56. The van der Waals surface area contributed by atoms with Crippen LogP contribution in [-0.4, -0.2) is 20.3 Å². The van der Waals surface area contributed by atoms with Crippen molar-refractivity contribution in [2.75, 3.05) is 5.32 Å². The summed E-state index contributed by atoms with van der Waals surface area (Å²) in [6.07, 6.45) is 3.90. The van der Waals surface area contributed by atoms with E-state index in [4.69, 9.17) is 0 Å². The highest BCUT2D eigenvalue weighted by atomic mass is 16.1. The third-order valence-electron chi connectivity index (χ3n) is 4.29. The molecule has 0 saturated heterocycles. The fourth-order valence-electron chi connectivity index (χ4n) is 2.85. The molecule has 4 rings (SSSR count). The number of anilines is 1. The second-order valence-electron chi connectivity index (χ2n) is 6.25. The smallest absolute Gasteiger partial charge is 0.255 e. The van der Waals surface area contributed by atoms with Gasteiger partial charge < -0.3 is 5.32 Å². The molecule has 0 saturated carbocycles. The first kappa shape index (κ1) is 16.0. The van der Waals surface area contributed by atoms with Crippen LogP contribution in [-0.2, 0) is 0 Å².